The van der Waals surface area contributed by atoms with Gasteiger partial charge in [0.05, 0.1) is 16.9 Å². The van der Waals surface area contributed by atoms with Crippen molar-refractivity contribution in [3.05, 3.63) is 80.9 Å². The first kappa shape index (κ1) is 30.1. The molecule has 0 aliphatic carbocycles. The standard InChI is InChI=1S/C31H38ClN5O4/c1-19-13-20-14-21(32)15-23(27(20)41-19)28(39)34-18-30(2,3)17-25(38)35-26-24(16-31(4,5)33-6)36(7)37(29(26)40)22-11-9-8-10-12-22/h8-15,33H,16-18H2,1-7H3,(H,34,39)(H,35,38). The molecule has 2 aromatic carbocycles. The molecule has 218 valence electrons. The first-order valence-corrected chi connectivity index (χ1v) is 13.9. The summed E-state index contributed by atoms with van der Waals surface area (Å²) in [6.45, 7) is 9.86. The van der Waals surface area contributed by atoms with Gasteiger partial charge in [0, 0.05) is 42.4 Å². The van der Waals surface area contributed by atoms with Crippen molar-refractivity contribution >= 4 is 40.1 Å². The Balaban J connectivity index is 1.53. The lowest BCUT2D eigenvalue weighted by atomic mass is 9.88. The molecule has 0 bridgehead atoms. The Labute approximate surface area is 244 Å². The van der Waals surface area contributed by atoms with Crippen LogP contribution in [0, 0.1) is 12.3 Å². The van der Waals surface area contributed by atoms with Crippen molar-refractivity contribution in [1.29, 1.82) is 0 Å². The van der Waals surface area contributed by atoms with Crippen molar-refractivity contribution in [3.63, 3.8) is 0 Å². The summed E-state index contributed by atoms with van der Waals surface area (Å²) in [5, 5.41) is 10.3. The average molecular weight is 580 g/mol. The monoisotopic (exact) mass is 579 g/mol. The van der Waals surface area contributed by atoms with E-state index in [4.69, 9.17) is 16.0 Å². The zero-order valence-electron chi connectivity index (χ0n) is 24.6. The molecular formula is C31H38ClN5O4. The van der Waals surface area contributed by atoms with Crippen molar-refractivity contribution in [2.45, 2.75) is 53.0 Å². The lowest BCUT2D eigenvalue weighted by molar-refractivity contribution is -0.118. The zero-order valence-corrected chi connectivity index (χ0v) is 25.4. The number of furan rings is 1. The Hall–Kier alpha value is -3.82. The molecule has 2 heterocycles. The highest BCUT2D eigenvalue weighted by Gasteiger charge is 2.29. The van der Waals surface area contributed by atoms with Gasteiger partial charge < -0.3 is 20.4 Å². The molecule has 0 aliphatic rings. The molecule has 0 atom stereocenters. The zero-order chi connectivity index (χ0) is 30.1. The summed E-state index contributed by atoms with van der Waals surface area (Å²) in [4.78, 5) is 40.0. The highest BCUT2D eigenvalue weighted by molar-refractivity contribution is 6.32. The Morgan fingerprint density at radius 1 is 1.05 bits per heavy atom. The number of para-hydroxylation sites is 1. The fraction of sp³-hybridized carbons (Fsp3) is 0.387. The first-order chi connectivity index (χ1) is 19.2. The van der Waals surface area contributed by atoms with Gasteiger partial charge in [0.1, 0.15) is 17.0 Å². The molecule has 10 heteroatoms. The number of hydrogen-bond acceptors (Lipinski definition) is 5. The fourth-order valence-electron chi connectivity index (χ4n) is 4.85. The van der Waals surface area contributed by atoms with E-state index in [-0.39, 0.29) is 41.6 Å². The number of amides is 2. The Kier molecular flexibility index (Phi) is 8.52. The van der Waals surface area contributed by atoms with E-state index in [1.807, 2.05) is 85.1 Å². The van der Waals surface area contributed by atoms with Crippen molar-refractivity contribution in [1.82, 2.24) is 20.0 Å². The van der Waals surface area contributed by atoms with Gasteiger partial charge in [-0.25, -0.2) is 4.68 Å². The molecule has 0 unspecified atom stereocenters. The average Bonchev–Trinajstić information content (AvgIpc) is 3.38. The quantitative estimate of drug-likeness (QED) is 0.239. The first-order valence-electron chi connectivity index (χ1n) is 13.5. The number of halogens is 1. The van der Waals surface area contributed by atoms with E-state index in [2.05, 4.69) is 16.0 Å². The van der Waals surface area contributed by atoms with Gasteiger partial charge in [-0.05, 0) is 63.6 Å². The van der Waals surface area contributed by atoms with Gasteiger partial charge in [-0.1, -0.05) is 43.6 Å². The number of rotatable bonds is 10. The third-order valence-electron chi connectivity index (χ3n) is 7.25. The molecule has 2 amide bonds. The van der Waals surface area contributed by atoms with Gasteiger partial charge in [-0.2, -0.15) is 0 Å². The minimum Gasteiger partial charge on any atom is -0.461 e. The lowest BCUT2D eigenvalue weighted by Gasteiger charge is -2.26. The molecule has 0 saturated carbocycles. The van der Waals surface area contributed by atoms with E-state index in [0.29, 0.717) is 39.7 Å². The molecule has 0 radical (unpaired) electrons. The smallest absolute Gasteiger partial charge is 0.295 e. The summed E-state index contributed by atoms with van der Waals surface area (Å²) in [5.74, 6) is 0.0197. The number of nitrogens with one attached hydrogen (secondary N) is 3. The predicted octanol–water partition coefficient (Wildman–Crippen LogP) is 5.21. The second kappa shape index (κ2) is 11.6. The van der Waals surface area contributed by atoms with Crippen molar-refractivity contribution in [2.24, 2.45) is 12.5 Å². The summed E-state index contributed by atoms with van der Waals surface area (Å²) >= 11 is 6.23. The van der Waals surface area contributed by atoms with Crippen LogP contribution >= 0.6 is 11.6 Å². The minimum atomic E-state index is -0.617. The van der Waals surface area contributed by atoms with E-state index in [9.17, 15) is 14.4 Å². The van der Waals surface area contributed by atoms with Crippen molar-refractivity contribution in [3.8, 4) is 5.69 Å². The third-order valence-corrected chi connectivity index (χ3v) is 7.47. The number of hydrogen-bond donors (Lipinski definition) is 3. The summed E-state index contributed by atoms with van der Waals surface area (Å²) in [6.07, 6.45) is 0.580. The molecule has 4 aromatic rings. The molecule has 0 fully saturated rings. The SMILES string of the molecule is CNC(C)(C)Cc1c(NC(=O)CC(C)(C)CNC(=O)c2cc(Cl)cc3cc(C)oc23)c(=O)n(-c2ccccc2)n1C. The second-order valence-electron chi connectivity index (χ2n) is 11.9. The number of likely N-dealkylation sites (N-methyl/N-ethyl adjacent to an activating group) is 1. The Bertz CT molecular complexity index is 1650. The molecule has 9 nitrogen and oxygen atoms in total. The molecule has 41 heavy (non-hydrogen) atoms. The van der Waals surface area contributed by atoms with Crippen LogP contribution in [0.4, 0.5) is 5.69 Å². The number of benzene rings is 2. The second-order valence-corrected chi connectivity index (χ2v) is 12.3. The fourth-order valence-corrected chi connectivity index (χ4v) is 5.08. The molecule has 4 rings (SSSR count). The van der Waals surface area contributed by atoms with Crippen LogP contribution < -0.4 is 21.5 Å². The van der Waals surface area contributed by atoms with E-state index < -0.39 is 5.41 Å². The van der Waals surface area contributed by atoms with Crippen molar-refractivity contribution in [2.75, 3.05) is 18.9 Å². The predicted molar refractivity (Wildman–Crippen MR) is 163 cm³/mol. The number of carbonyl (C=O) groups excluding carboxylic acids is 2. The summed E-state index contributed by atoms with van der Waals surface area (Å²) < 4.78 is 9.08. The molecule has 3 N–H and O–H groups in total. The van der Waals surface area contributed by atoms with Gasteiger partial charge in [0.15, 0.2) is 0 Å². The molecule has 0 spiro atoms. The maximum atomic E-state index is 13.6. The van der Waals surface area contributed by atoms with Gasteiger partial charge in [0.2, 0.25) is 5.91 Å². The van der Waals surface area contributed by atoms with Gasteiger partial charge in [-0.3, -0.25) is 19.1 Å². The maximum absolute atomic E-state index is 13.6. The Morgan fingerprint density at radius 3 is 2.39 bits per heavy atom. The number of nitrogens with zero attached hydrogens (tertiary/aromatic N) is 2. The summed E-state index contributed by atoms with van der Waals surface area (Å²) in [6, 6.07) is 14.5. The van der Waals surface area contributed by atoms with Crippen LogP contribution in [0.1, 0.15) is 55.9 Å². The highest BCUT2D eigenvalue weighted by Crippen LogP contribution is 2.28. The van der Waals surface area contributed by atoms with Crippen LogP contribution in [0.5, 0.6) is 0 Å². The van der Waals surface area contributed by atoms with Crippen LogP contribution in [0.2, 0.25) is 5.02 Å². The minimum absolute atomic E-state index is 0.0760. The molecule has 0 saturated heterocycles. The van der Waals surface area contributed by atoms with Crippen LogP contribution in [0.25, 0.3) is 16.7 Å². The van der Waals surface area contributed by atoms with Crippen molar-refractivity contribution < 1.29 is 14.0 Å². The summed E-state index contributed by atoms with van der Waals surface area (Å²) in [5.41, 5.74) is 1.21. The van der Waals surface area contributed by atoms with E-state index in [0.717, 1.165) is 5.39 Å². The number of aromatic nitrogens is 2. The van der Waals surface area contributed by atoms with E-state index in [1.54, 1.807) is 21.5 Å². The normalized spacial score (nSPS) is 12.1. The largest absolute Gasteiger partial charge is 0.461 e. The third kappa shape index (κ3) is 6.74. The van der Waals surface area contributed by atoms with E-state index >= 15 is 0 Å². The summed E-state index contributed by atoms with van der Waals surface area (Å²) in [7, 11) is 3.68. The number of aryl methyl sites for hydroxylation is 1. The van der Waals surface area contributed by atoms with Crippen LogP contribution in [0.3, 0.4) is 0 Å². The maximum Gasteiger partial charge on any atom is 0.295 e. The van der Waals surface area contributed by atoms with Crippen LogP contribution in [-0.4, -0.2) is 40.3 Å². The number of carbonyl (C=O) groups is 2. The molecule has 2 aromatic heterocycles. The highest BCUT2D eigenvalue weighted by atomic mass is 35.5. The molecule has 0 aliphatic heterocycles. The van der Waals surface area contributed by atoms with Gasteiger partial charge in [0.25, 0.3) is 11.5 Å². The Morgan fingerprint density at radius 2 is 1.73 bits per heavy atom. The topological polar surface area (TPSA) is 110 Å². The number of fused-ring (bicyclic) bond motifs is 1. The molecular weight excluding hydrogens is 542 g/mol. The van der Waals surface area contributed by atoms with Gasteiger partial charge in [-0.15, -0.1) is 0 Å². The lowest BCUT2D eigenvalue weighted by Crippen LogP contribution is -2.39. The number of anilines is 1. The van der Waals surface area contributed by atoms with Gasteiger partial charge >= 0.3 is 0 Å². The van der Waals surface area contributed by atoms with Crippen LogP contribution in [-0.2, 0) is 18.3 Å². The van der Waals surface area contributed by atoms with E-state index in [1.165, 1.54) is 0 Å². The van der Waals surface area contributed by atoms with Crippen LogP contribution in [0.15, 0.2) is 57.7 Å².